The predicted molar refractivity (Wildman–Crippen MR) is 96.1 cm³/mol. The number of aryl methyl sites for hydroxylation is 1. The van der Waals surface area contributed by atoms with Crippen molar-refractivity contribution in [1.82, 2.24) is 15.0 Å². The maximum atomic E-state index is 12.5. The smallest absolute Gasteiger partial charge is 0.341 e. The van der Waals surface area contributed by atoms with E-state index in [1.165, 1.54) is 12.1 Å². The largest absolute Gasteiger partial charge is 0.384 e. The lowest BCUT2D eigenvalue weighted by atomic mass is 10.1. The van der Waals surface area contributed by atoms with Gasteiger partial charge in [0, 0.05) is 16.3 Å². The summed E-state index contributed by atoms with van der Waals surface area (Å²) in [5.74, 6) is -1.87. The van der Waals surface area contributed by atoms with Crippen molar-refractivity contribution in [2.24, 2.45) is 0 Å². The van der Waals surface area contributed by atoms with E-state index in [-0.39, 0.29) is 16.8 Å². The number of imidazole rings is 1. The van der Waals surface area contributed by atoms with Gasteiger partial charge in [0.2, 0.25) is 0 Å². The van der Waals surface area contributed by atoms with Crippen LogP contribution in [-0.2, 0) is 4.84 Å². The first-order valence-corrected chi connectivity index (χ1v) is 8.36. The van der Waals surface area contributed by atoms with Gasteiger partial charge in [-0.05, 0) is 31.2 Å². The number of H-pyrrole nitrogens is 1. The average molecular weight is 382 g/mol. The van der Waals surface area contributed by atoms with Gasteiger partial charge in [-0.15, -0.1) is 0 Å². The number of nitrogens with zero attached hydrogens (tertiary/aromatic N) is 2. The third kappa shape index (κ3) is 2.88. The minimum atomic E-state index is -0.911. The molecule has 0 aliphatic carbocycles. The number of carbonyl (C=O) groups excluding carboxylic acids is 3. The van der Waals surface area contributed by atoms with Crippen molar-refractivity contribution >= 4 is 29.4 Å². The van der Waals surface area contributed by atoms with Crippen LogP contribution in [0, 0.1) is 6.92 Å². The molecule has 2 heterocycles. The summed E-state index contributed by atoms with van der Waals surface area (Å²) in [6.07, 6.45) is 0. The fraction of sp³-hybridized carbons (Fsp3) is 0.0526. The molecule has 134 valence electrons. The maximum Gasteiger partial charge on any atom is 0.384 e. The summed E-state index contributed by atoms with van der Waals surface area (Å²) in [6.45, 7) is 1.64. The van der Waals surface area contributed by atoms with Crippen molar-refractivity contribution in [2.45, 2.75) is 6.92 Å². The Hall–Kier alpha value is -3.45. The molecule has 0 bridgehead atoms. The van der Waals surface area contributed by atoms with E-state index in [9.17, 15) is 14.4 Å². The number of rotatable bonds is 3. The molecule has 0 radical (unpaired) electrons. The quantitative estimate of drug-likeness (QED) is 0.702. The van der Waals surface area contributed by atoms with Crippen molar-refractivity contribution in [3.05, 3.63) is 76.1 Å². The molecule has 8 heteroatoms. The monoisotopic (exact) mass is 381 g/mol. The Bertz CT molecular complexity index is 1070. The van der Waals surface area contributed by atoms with E-state index in [4.69, 9.17) is 16.4 Å². The standard InChI is InChI=1S/C19H12ClN3O4/c1-10-15(22-16(21-10)11-5-4-6-12(20)9-11)19(26)27-23-17(24)13-7-2-3-8-14(13)18(23)25/h2-9H,1H3,(H,21,22). The molecule has 4 rings (SSSR count). The van der Waals surface area contributed by atoms with Crippen LogP contribution in [-0.4, -0.2) is 32.8 Å². The first-order valence-electron chi connectivity index (χ1n) is 7.98. The van der Waals surface area contributed by atoms with Crippen LogP contribution in [0.3, 0.4) is 0 Å². The number of hydrogen-bond acceptors (Lipinski definition) is 5. The number of imide groups is 1. The van der Waals surface area contributed by atoms with Crippen molar-refractivity contribution < 1.29 is 19.2 Å². The van der Waals surface area contributed by atoms with Crippen LogP contribution < -0.4 is 0 Å². The van der Waals surface area contributed by atoms with E-state index in [0.717, 1.165) is 0 Å². The minimum absolute atomic E-state index is 0.0264. The van der Waals surface area contributed by atoms with Crippen molar-refractivity contribution in [2.75, 3.05) is 0 Å². The number of amides is 2. The first-order chi connectivity index (χ1) is 13.0. The van der Waals surface area contributed by atoms with Crippen LogP contribution in [0.2, 0.25) is 5.02 Å². The summed E-state index contributed by atoms with van der Waals surface area (Å²) < 4.78 is 0. The van der Waals surface area contributed by atoms with Gasteiger partial charge in [-0.3, -0.25) is 9.59 Å². The Morgan fingerprint density at radius 3 is 2.37 bits per heavy atom. The zero-order valence-corrected chi connectivity index (χ0v) is 14.8. The highest BCUT2D eigenvalue weighted by Gasteiger charge is 2.39. The molecule has 1 aliphatic rings. The van der Waals surface area contributed by atoms with Crippen molar-refractivity contribution in [1.29, 1.82) is 0 Å². The number of aromatic nitrogens is 2. The maximum absolute atomic E-state index is 12.5. The summed E-state index contributed by atoms with van der Waals surface area (Å²) in [4.78, 5) is 49.4. The molecule has 0 saturated heterocycles. The molecule has 2 amide bonds. The van der Waals surface area contributed by atoms with E-state index < -0.39 is 17.8 Å². The average Bonchev–Trinajstić information content (AvgIpc) is 3.16. The van der Waals surface area contributed by atoms with Crippen LogP contribution in [0.25, 0.3) is 11.4 Å². The number of halogens is 1. The number of carbonyl (C=O) groups is 3. The Labute approximate surface area is 158 Å². The summed E-state index contributed by atoms with van der Waals surface area (Å²) >= 11 is 5.98. The zero-order chi connectivity index (χ0) is 19.1. The SMILES string of the molecule is Cc1[nH]c(-c2cccc(Cl)c2)nc1C(=O)ON1C(=O)c2ccccc2C1=O. The third-order valence-corrected chi connectivity index (χ3v) is 4.34. The van der Waals surface area contributed by atoms with Gasteiger partial charge >= 0.3 is 5.97 Å². The Kier molecular flexibility index (Phi) is 4.01. The van der Waals surface area contributed by atoms with E-state index in [0.29, 0.717) is 27.2 Å². The molecule has 0 fully saturated rings. The van der Waals surface area contributed by atoms with E-state index in [1.807, 2.05) is 0 Å². The van der Waals surface area contributed by atoms with Gasteiger partial charge in [-0.2, -0.15) is 0 Å². The van der Waals surface area contributed by atoms with Gasteiger partial charge < -0.3 is 9.82 Å². The van der Waals surface area contributed by atoms with Crippen LogP contribution >= 0.6 is 11.6 Å². The summed E-state index contributed by atoms with van der Waals surface area (Å²) in [5.41, 5.74) is 1.47. The molecular formula is C19H12ClN3O4. The normalized spacial score (nSPS) is 13.0. The Balaban J connectivity index is 1.60. The van der Waals surface area contributed by atoms with Gasteiger partial charge in [0.1, 0.15) is 5.82 Å². The second-order valence-electron chi connectivity index (χ2n) is 5.90. The molecule has 1 N–H and O–H groups in total. The number of aromatic amines is 1. The molecule has 0 atom stereocenters. The van der Waals surface area contributed by atoms with E-state index in [2.05, 4.69) is 9.97 Å². The van der Waals surface area contributed by atoms with Gasteiger partial charge in [-0.25, -0.2) is 9.78 Å². The molecule has 3 aromatic rings. The second-order valence-corrected chi connectivity index (χ2v) is 6.33. The molecule has 0 unspecified atom stereocenters. The van der Waals surface area contributed by atoms with Crippen LogP contribution in [0.1, 0.15) is 36.9 Å². The van der Waals surface area contributed by atoms with E-state index in [1.54, 1.807) is 43.3 Å². The molecule has 1 aromatic heterocycles. The summed E-state index contributed by atoms with van der Waals surface area (Å²) in [6, 6.07) is 13.2. The molecule has 0 spiro atoms. The number of hydrogen-bond donors (Lipinski definition) is 1. The predicted octanol–water partition coefficient (Wildman–Crippen LogP) is 3.41. The fourth-order valence-corrected chi connectivity index (χ4v) is 3.00. The Morgan fingerprint density at radius 2 is 1.74 bits per heavy atom. The van der Waals surface area contributed by atoms with Crippen LogP contribution in [0.5, 0.6) is 0 Å². The lowest BCUT2D eigenvalue weighted by Gasteiger charge is -2.11. The topological polar surface area (TPSA) is 92.4 Å². The second kappa shape index (κ2) is 6.37. The van der Waals surface area contributed by atoms with Crippen LogP contribution in [0.4, 0.5) is 0 Å². The minimum Gasteiger partial charge on any atom is -0.341 e. The van der Waals surface area contributed by atoms with Gasteiger partial charge in [0.25, 0.3) is 11.8 Å². The lowest BCUT2D eigenvalue weighted by Crippen LogP contribution is -2.33. The molecule has 27 heavy (non-hydrogen) atoms. The van der Waals surface area contributed by atoms with Crippen molar-refractivity contribution in [3.63, 3.8) is 0 Å². The van der Waals surface area contributed by atoms with Gasteiger partial charge in [0.05, 0.1) is 11.1 Å². The highest BCUT2D eigenvalue weighted by Crippen LogP contribution is 2.25. The number of hydroxylamine groups is 2. The lowest BCUT2D eigenvalue weighted by molar-refractivity contribution is -0.0588. The van der Waals surface area contributed by atoms with Gasteiger partial charge in [0.15, 0.2) is 5.69 Å². The molecule has 7 nitrogen and oxygen atoms in total. The summed E-state index contributed by atoms with van der Waals surface area (Å²) in [7, 11) is 0. The zero-order valence-electron chi connectivity index (χ0n) is 14.0. The molecular weight excluding hydrogens is 370 g/mol. The summed E-state index contributed by atoms with van der Waals surface area (Å²) in [5, 5.41) is 0.983. The van der Waals surface area contributed by atoms with Crippen LogP contribution in [0.15, 0.2) is 48.5 Å². The highest BCUT2D eigenvalue weighted by atomic mass is 35.5. The number of benzene rings is 2. The van der Waals surface area contributed by atoms with Crippen molar-refractivity contribution in [3.8, 4) is 11.4 Å². The molecule has 1 aliphatic heterocycles. The third-order valence-electron chi connectivity index (χ3n) is 4.11. The first kappa shape index (κ1) is 17.0. The highest BCUT2D eigenvalue weighted by molar-refractivity contribution is 6.30. The fourth-order valence-electron chi connectivity index (χ4n) is 2.81. The molecule has 2 aromatic carbocycles. The molecule has 0 saturated carbocycles. The number of nitrogens with one attached hydrogen (secondary N) is 1. The van der Waals surface area contributed by atoms with E-state index >= 15 is 0 Å². The Morgan fingerprint density at radius 1 is 1.07 bits per heavy atom. The number of fused-ring (bicyclic) bond motifs is 1. The van der Waals surface area contributed by atoms with Gasteiger partial charge in [-0.1, -0.05) is 40.9 Å².